The van der Waals surface area contributed by atoms with Crippen molar-refractivity contribution >= 4 is 27.8 Å². The van der Waals surface area contributed by atoms with E-state index in [0.29, 0.717) is 12.1 Å². The summed E-state index contributed by atoms with van der Waals surface area (Å²) in [5.41, 5.74) is 4.32. The van der Waals surface area contributed by atoms with Crippen molar-refractivity contribution in [3.8, 4) is 0 Å². The third kappa shape index (κ3) is 2.44. The number of nitrogens with zero attached hydrogens (tertiary/aromatic N) is 5. The monoisotopic (exact) mass is 346 g/mol. The molecule has 0 amide bonds. The van der Waals surface area contributed by atoms with Crippen LogP contribution in [-0.2, 0) is 0 Å². The fourth-order valence-corrected chi connectivity index (χ4v) is 4.31. The number of rotatable bonds is 3. The first-order chi connectivity index (χ1) is 12.8. The van der Waals surface area contributed by atoms with E-state index in [1.807, 2.05) is 37.2 Å². The normalized spacial score (nSPS) is 20.7. The van der Waals surface area contributed by atoms with Crippen molar-refractivity contribution in [2.24, 2.45) is 0 Å². The van der Waals surface area contributed by atoms with E-state index in [1.165, 1.54) is 24.0 Å². The molecule has 0 bridgehead atoms. The van der Waals surface area contributed by atoms with Crippen LogP contribution in [0, 0.1) is 0 Å². The van der Waals surface area contributed by atoms with Crippen LogP contribution < -0.4 is 4.90 Å². The molecular formula is C20H22N6. The van der Waals surface area contributed by atoms with Gasteiger partial charge in [-0.1, -0.05) is 0 Å². The van der Waals surface area contributed by atoms with Crippen molar-refractivity contribution in [3.63, 3.8) is 0 Å². The van der Waals surface area contributed by atoms with Gasteiger partial charge >= 0.3 is 0 Å². The largest absolute Gasteiger partial charge is 0.370 e. The molecule has 0 spiro atoms. The number of aromatic amines is 1. The Labute approximate surface area is 151 Å². The van der Waals surface area contributed by atoms with Crippen LogP contribution >= 0.6 is 0 Å². The third-order valence-corrected chi connectivity index (χ3v) is 5.78. The first-order valence-electron chi connectivity index (χ1n) is 9.23. The SMILES string of the molecule is CN(c1cccnc1)C1CCC(n2cnc3cnc4[nH]ccc4c32)CC1. The lowest BCUT2D eigenvalue weighted by molar-refractivity contribution is 0.323. The van der Waals surface area contributed by atoms with Crippen molar-refractivity contribution in [2.45, 2.75) is 37.8 Å². The molecule has 1 fully saturated rings. The second kappa shape index (κ2) is 6.12. The minimum absolute atomic E-state index is 0.499. The number of pyridine rings is 2. The summed E-state index contributed by atoms with van der Waals surface area (Å²) in [4.78, 5) is 18.9. The van der Waals surface area contributed by atoms with Gasteiger partial charge in [0.2, 0.25) is 0 Å². The van der Waals surface area contributed by atoms with Gasteiger partial charge in [-0.2, -0.15) is 0 Å². The number of hydrogen-bond donors (Lipinski definition) is 1. The maximum Gasteiger partial charge on any atom is 0.139 e. The number of imidazole rings is 1. The van der Waals surface area contributed by atoms with E-state index in [1.54, 1.807) is 0 Å². The Hall–Kier alpha value is -2.89. The number of aromatic nitrogens is 5. The van der Waals surface area contributed by atoms with Crippen LogP contribution in [-0.4, -0.2) is 37.6 Å². The molecule has 1 aliphatic carbocycles. The quantitative estimate of drug-likeness (QED) is 0.610. The first-order valence-corrected chi connectivity index (χ1v) is 9.23. The van der Waals surface area contributed by atoms with Gasteiger partial charge in [0.15, 0.2) is 0 Å². The standard InChI is InChI=1S/C20H22N6/c1-25(16-3-2-9-21-11-16)14-4-6-15(7-5-14)26-13-24-18-12-23-20-17(19(18)26)8-10-22-20/h2-3,8-15H,4-7H2,1H3,(H,22,23). The van der Waals surface area contributed by atoms with Gasteiger partial charge < -0.3 is 14.5 Å². The Morgan fingerprint density at radius 3 is 2.81 bits per heavy atom. The van der Waals surface area contributed by atoms with Crippen LogP contribution in [0.4, 0.5) is 5.69 Å². The van der Waals surface area contributed by atoms with Gasteiger partial charge in [-0.15, -0.1) is 0 Å². The van der Waals surface area contributed by atoms with Gasteiger partial charge in [0, 0.05) is 36.9 Å². The molecule has 4 aromatic heterocycles. The Kier molecular flexibility index (Phi) is 3.62. The van der Waals surface area contributed by atoms with E-state index in [4.69, 9.17) is 0 Å². The second-order valence-electron chi connectivity index (χ2n) is 7.17. The number of fused-ring (bicyclic) bond motifs is 3. The Morgan fingerprint density at radius 2 is 2.00 bits per heavy atom. The highest BCUT2D eigenvalue weighted by atomic mass is 15.1. The topological polar surface area (TPSA) is 62.6 Å². The van der Waals surface area contributed by atoms with E-state index in [0.717, 1.165) is 29.4 Å². The first kappa shape index (κ1) is 15.4. The van der Waals surface area contributed by atoms with E-state index in [-0.39, 0.29) is 0 Å². The molecule has 6 heteroatoms. The molecule has 1 aliphatic rings. The molecule has 26 heavy (non-hydrogen) atoms. The summed E-state index contributed by atoms with van der Waals surface area (Å²) in [6.45, 7) is 0. The molecule has 0 unspecified atom stereocenters. The fourth-order valence-electron chi connectivity index (χ4n) is 4.31. The van der Waals surface area contributed by atoms with E-state index in [2.05, 4.69) is 48.6 Å². The van der Waals surface area contributed by atoms with E-state index < -0.39 is 0 Å². The Bertz CT molecular complexity index is 1030. The predicted molar refractivity (Wildman–Crippen MR) is 103 cm³/mol. The summed E-state index contributed by atoms with van der Waals surface area (Å²) >= 11 is 0. The Morgan fingerprint density at radius 1 is 1.12 bits per heavy atom. The highest BCUT2D eigenvalue weighted by Crippen LogP contribution is 2.35. The summed E-state index contributed by atoms with van der Waals surface area (Å²) in [6.07, 6.45) is 14.3. The summed E-state index contributed by atoms with van der Waals surface area (Å²) in [5, 5.41) is 1.16. The number of hydrogen-bond acceptors (Lipinski definition) is 4. The van der Waals surface area contributed by atoms with Gasteiger partial charge in [0.05, 0.1) is 29.9 Å². The molecule has 0 atom stereocenters. The highest BCUT2D eigenvalue weighted by Gasteiger charge is 2.26. The van der Waals surface area contributed by atoms with Gasteiger partial charge in [0.1, 0.15) is 11.2 Å². The van der Waals surface area contributed by atoms with Crippen LogP contribution in [0.15, 0.2) is 49.3 Å². The van der Waals surface area contributed by atoms with Crippen molar-refractivity contribution < 1.29 is 0 Å². The lowest BCUT2D eigenvalue weighted by atomic mass is 9.90. The molecule has 6 nitrogen and oxygen atoms in total. The maximum absolute atomic E-state index is 4.59. The third-order valence-electron chi connectivity index (χ3n) is 5.78. The van der Waals surface area contributed by atoms with E-state index in [9.17, 15) is 0 Å². The van der Waals surface area contributed by atoms with Gasteiger partial charge in [-0.25, -0.2) is 9.97 Å². The predicted octanol–water partition coefficient (Wildman–Crippen LogP) is 3.93. The molecule has 132 valence electrons. The number of nitrogens with one attached hydrogen (secondary N) is 1. The minimum Gasteiger partial charge on any atom is -0.370 e. The summed E-state index contributed by atoms with van der Waals surface area (Å²) < 4.78 is 2.37. The van der Waals surface area contributed by atoms with Crippen LogP contribution in [0.1, 0.15) is 31.7 Å². The zero-order chi connectivity index (χ0) is 17.5. The Balaban J connectivity index is 1.39. The van der Waals surface area contributed by atoms with Gasteiger partial charge in [-0.05, 0) is 43.9 Å². The molecule has 0 radical (unpaired) electrons. The van der Waals surface area contributed by atoms with Crippen LogP contribution in [0.3, 0.4) is 0 Å². The lowest BCUT2D eigenvalue weighted by Gasteiger charge is -2.36. The van der Waals surface area contributed by atoms with Crippen molar-refractivity contribution in [2.75, 3.05) is 11.9 Å². The van der Waals surface area contributed by atoms with Crippen molar-refractivity contribution in [1.82, 2.24) is 24.5 Å². The fraction of sp³-hybridized carbons (Fsp3) is 0.350. The number of anilines is 1. The lowest BCUT2D eigenvalue weighted by Crippen LogP contribution is -2.35. The average molecular weight is 346 g/mol. The zero-order valence-electron chi connectivity index (χ0n) is 14.8. The molecule has 1 saturated carbocycles. The maximum atomic E-state index is 4.59. The molecule has 5 rings (SSSR count). The molecule has 4 aromatic rings. The van der Waals surface area contributed by atoms with Gasteiger partial charge in [0.25, 0.3) is 0 Å². The molecule has 4 heterocycles. The van der Waals surface area contributed by atoms with E-state index >= 15 is 0 Å². The van der Waals surface area contributed by atoms with Crippen LogP contribution in [0.25, 0.3) is 22.1 Å². The molecule has 0 aromatic carbocycles. The van der Waals surface area contributed by atoms with Crippen LogP contribution in [0.2, 0.25) is 0 Å². The minimum atomic E-state index is 0.499. The highest BCUT2D eigenvalue weighted by molar-refractivity contribution is 6.00. The van der Waals surface area contributed by atoms with Crippen LogP contribution in [0.5, 0.6) is 0 Å². The summed E-state index contributed by atoms with van der Waals surface area (Å²) in [5.74, 6) is 0. The molecular weight excluding hydrogens is 324 g/mol. The van der Waals surface area contributed by atoms with Gasteiger partial charge in [-0.3, -0.25) is 4.98 Å². The summed E-state index contributed by atoms with van der Waals surface area (Å²) in [7, 11) is 2.18. The molecule has 0 saturated heterocycles. The van der Waals surface area contributed by atoms with Crippen molar-refractivity contribution in [1.29, 1.82) is 0 Å². The molecule has 0 aliphatic heterocycles. The molecule has 1 N–H and O–H groups in total. The summed E-state index contributed by atoms with van der Waals surface area (Å²) in [6, 6.07) is 7.31. The zero-order valence-corrected chi connectivity index (χ0v) is 14.8. The number of H-pyrrole nitrogens is 1. The average Bonchev–Trinajstić information content (AvgIpc) is 3.34. The second-order valence-corrected chi connectivity index (χ2v) is 7.17. The smallest absolute Gasteiger partial charge is 0.139 e. The van der Waals surface area contributed by atoms with Crippen molar-refractivity contribution in [3.05, 3.63) is 49.3 Å².